The second-order valence-electron chi connectivity index (χ2n) is 6.60. The summed E-state index contributed by atoms with van der Waals surface area (Å²) in [6.45, 7) is 2.37. The highest BCUT2D eigenvalue weighted by molar-refractivity contribution is 7.92. The first-order valence-electron chi connectivity index (χ1n) is 9.06. The minimum Gasteiger partial charge on any atom is -0.352 e. The Morgan fingerprint density at radius 2 is 1.66 bits per heavy atom. The fraction of sp³-hybridized carbons (Fsp3) is 0.136. The molecule has 0 bridgehead atoms. The van der Waals surface area contributed by atoms with Gasteiger partial charge in [-0.15, -0.1) is 0 Å². The van der Waals surface area contributed by atoms with Crippen LogP contribution in [0.3, 0.4) is 0 Å². The molecule has 3 aromatic carbocycles. The summed E-state index contributed by atoms with van der Waals surface area (Å²) < 4.78 is 27.5. The minimum absolute atomic E-state index is 0.141. The maximum absolute atomic E-state index is 12.5. The Bertz CT molecular complexity index is 1100. The number of aryl methyl sites for hydroxylation is 1. The Hall–Kier alpha value is -2.83. The summed E-state index contributed by atoms with van der Waals surface area (Å²) in [5.74, 6) is -0.268. The first kappa shape index (κ1) is 20.9. The average Bonchev–Trinajstić information content (AvgIpc) is 2.70. The molecule has 5 nitrogen and oxygen atoms in total. The van der Waals surface area contributed by atoms with E-state index in [-0.39, 0.29) is 21.5 Å². The molecule has 29 heavy (non-hydrogen) atoms. The number of rotatable bonds is 7. The highest BCUT2D eigenvalue weighted by atomic mass is 35.5. The van der Waals surface area contributed by atoms with Crippen LogP contribution in [0.4, 0.5) is 5.69 Å². The molecule has 0 saturated heterocycles. The van der Waals surface area contributed by atoms with Crippen molar-refractivity contribution in [1.82, 2.24) is 5.32 Å². The van der Waals surface area contributed by atoms with Crippen LogP contribution in [0.1, 0.15) is 21.5 Å². The summed E-state index contributed by atoms with van der Waals surface area (Å²) in [6, 6.07) is 20.8. The maximum atomic E-state index is 12.5. The summed E-state index contributed by atoms with van der Waals surface area (Å²) in [7, 11) is -3.77. The van der Waals surface area contributed by atoms with Gasteiger partial charge in [0.15, 0.2) is 0 Å². The molecular weight excluding hydrogens is 408 g/mol. The van der Waals surface area contributed by atoms with E-state index in [1.165, 1.54) is 30.3 Å². The van der Waals surface area contributed by atoms with E-state index in [0.29, 0.717) is 12.1 Å². The molecule has 1 amide bonds. The lowest BCUT2D eigenvalue weighted by Gasteiger charge is -2.11. The largest absolute Gasteiger partial charge is 0.352 e. The number of benzene rings is 3. The van der Waals surface area contributed by atoms with Gasteiger partial charge in [0.1, 0.15) is 0 Å². The minimum atomic E-state index is -3.77. The van der Waals surface area contributed by atoms with Crippen LogP contribution in [0.5, 0.6) is 0 Å². The van der Waals surface area contributed by atoms with E-state index in [1.807, 2.05) is 37.3 Å². The standard InChI is InChI=1S/C22H21ClN2O3S/c1-16-7-10-19(11-8-16)29(27,28)25-21-12-9-18(15-20(21)23)22(26)24-14-13-17-5-3-2-4-6-17/h2-12,15,25H,13-14H2,1H3,(H,24,26). The molecular formula is C22H21ClN2O3S. The van der Waals surface area contributed by atoms with E-state index < -0.39 is 10.0 Å². The Balaban J connectivity index is 1.64. The third-order valence-electron chi connectivity index (χ3n) is 4.35. The molecule has 0 aromatic heterocycles. The van der Waals surface area contributed by atoms with Crippen molar-refractivity contribution in [2.45, 2.75) is 18.2 Å². The highest BCUT2D eigenvalue weighted by Crippen LogP contribution is 2.26. The first-order valence-corrected chi connectivity index (χ1v) is 10.9. The molecule has 3 aromatic rings. The van der Waals surface area contributed by atoms with E-state index >= 15 is 0 Å². The summed E-state index contributed by atoms with van der Waals surface area (Å²) in [4.78, 5) is 12.5. The SMILES string of the molecule is Cc1ccc(S(=O)(=O)Nc2ccc(C(=O)NCCc3ccccc3)cc2Cl)cc1. The summed E-state index contributed by atoms with van der Waals surface area (Å²) in [5, 5.41) is 2.99. The van der Waals surface area contributed by atoms with Gasteiger partial charge in [0.2, 0.25) is 0 Å². The molecule has 0 saturated carbocycles. The fourth-order valence-electron chi connectivity index (χ4n) is 2.73. The first-order chi connectivity index (χ1) is 13.8. The zero-order valence-corrected chi connectivity index (χ0v) is 17.4. The second kappa shape index (κ2) is 9.11. The lowest BCUT2D eigenvalue weighted by molar-refractivity contribution is 0.0954. The average molecular weight is 429 g/mol. The summed E-state index contributed by atoms with van der Waals surface area (Å²) >= 11 is 6.22. The topological polar surface area (TPSA) is 75.3 Å². The van der Waals surface area contributed by atoms with Crippen LogP contribution in [0.2, 0.25) is 5.02 Å². The number of sulfonamides is 1. The van der Waals surface area contributed by atoms with E-state index in [0.717, 1.165) is 17.5 Å². The van der Waals surface area contributed by atoms with Crippen LogP contribution >= 0.6 is 11.6 Å². The second-order valence-corrected chi connectivity index (χ2v) is 8.69. The Labute approximate surface area is 175 Å². The van der Waals surface area contributed by atoms with Crippen LogP contribution < -0.4 is 10.0 Å². The van der Waals surface area contributed by atoms with E-state index in [9.17, 15) is 13.2 Å². The third-order valence-corrected chi connectivity index (χ3v) is 6.04. The third kappa shape index (κ3) is 5.59. The highest BCUT2D eigenvalue weighted by Gasteiger charge is 2.16. The Kier molecular flexibility index (Phi) is 6.56. The van der Waals surface area contributed by atoms with Crippen LogP contribution in [0.15, 0.2) is 77.7 Å². The van der Waals surface area contributed by atoms with E-state index in [4.69, 9.17) is 11.6 Å². The van der Waals surface area contributed by atoms with Gasteiger partial charge in [-0.3, -0.25) is 9.52 Å². The fourth-order valence-corrected chi connectivity index (χ4v) is 4.09. The molecule has 0 aliphatic rings. The number of carbonyl (C=O) groups excluding carboxylic acids is 1. The van der Waals surface area contributed by atoms with Crippen molar-refractivity contribution in [3.8, 4) is 0 Å². The summed E-state index contributed by atoms with van der Waals surface area (Å²) in [6.07, 6.45) is 0.717. The number of carbonyl (C=O) groups is 1. The number of hydrogen-bond donors (Lipinski definition) is 2. The van der Waals surface area contributed by atoms with Crippen molar-refractivity contribution < 1.29 is 13.2 Å². The molecule has 0 unspecified atom stereocenters. The Morgan fingerprint density at radius 3 is 2.31 bits per heavy atom. The van der Waals surface area contributed by atoms with Gasteiger partial charge in [0.05, 0.1) is 15.6 Å². The monoisotopic (exact) mass is 428 g/mol. The Morgan fingerprint density at radius 1 is 0.966 bits per heavy atom. The van der Waals surface area contributed by atoms with Crippen molar-refractivity contribution in [1.29, 1.82) is 0 Å². The predicted molar refractivity (Wildman–Crippen MR) is 116 cm³/mol. The van der Waals surface area contributed by atoms with Crippen molar-refractivity contribution in [2.75, 3.05) is 11.3 Å². The van der Waals surface area contributed by atoms with Crippen LogP contribution in [-0.4, -0.2) is 20.9 Å². The van der Waals surface area contributed by atoms with Gasteiger partial charge in [-0.2, -0.15) is 0 Å². The molecule has 0 radical (unpaired) electrons. The zero-order valence-electron chi connectivity index (χ0n) is 15.9. The molecule has 0 aliphatic carbocycles. The van der Waals surface area contributed by atoms with E-state index in [1.54, 1.807) is 12.1 Å². The van der Waals surface area contributed by atoms with Gasteiger partial charge in [-0.25, -0.2) is 8.42 Å². The molecule has 0 spiro atoms. The number of amides is 1. The van der Waals surface area contributed by atoms with Crippen molar-refractivity contribution in [3.63, 3.8) is 0 Å². The van der Waals surface area contributed by atoms with Gasteiger partial charge in [-0.05, 0) is 49.2 Å². The quantitative estimate of drug-likeness (QED) is 0.584. The van der Waals surface area contributed by atoms with Crippen molar-refractivity contribution in [3.05, 3.63) is 94.5 Å². The molecule has 3 rings (SSSR count). The lowest BCUT2D eigenvalue weighted by atomic mass is 10.1. The van der Waals surface area contributed by atoms with Crippen molar-refractivity contribution in [2.24, 2.45) is 0 Å². The number of nitrogens with one attached hydrogen (secondary N) is 2. The molecule has 0 fully saturated rings. The van der Waals surface area contributed by atoms with E-state index in [2.05, 4.69) is 10.0 Å². The number of hydrogen-bond acceptors (Lipinski definition) is 3. The van der Waals surface area contributed by atoms with Crippen LogP contribution in [-0.2, 0) is 16.4 Å². The molecule has 0 atom stereocenters. The molecule has 0 aliphatic heterocycles. The maximum Gasteiger partial charge on any atom is 0.261 e. The smallest absolute Gasteiger partial charge is 0.261 e. The van der Waals surface area contributed by atoms with Gasteiger partial charge >= 0.3 is 0 Å². The van der Waals surface area contributed by atoms with Gasteiger partial charge in [0.25, 0.3) is 15.9 Å². The van der Waals surface area contributed by atoms with Gasteiger partial charge in [0, 0.05) is 12.1 Å². The molecule has 150 valence electrons. The summed E-state index contributed by atoms with van der Waals surface area (Å²) in [5.41, 5.74) is 2.67. The van der Waals surface area contributed by atoms with Gasteiger partial charge in [-0.1, -0.05) is 59.6 Å². The van der Waals surface area contributed by atoms with Crippen molar-refractivity contribution >= 4 is 33.2 Å². The number of halogens is 1. The van der Waals surface area contributed by atoms with Gasteiger partial charge < -0.3 is 5.32 Å². The molecule has 0 heterocycles. The lowest BCUT2D eigenvalue weighted by Crippen LogP contribution is -2.25. The predicted octanol–water partition coefficient (Wildman–Crippen LogP) is 4.42. The number of anilines is 1. The molecule has 7 heteroatoms. The normalized spacial score (nSPS) is 11.1. The zero-order chi connectivity index (χ0) is 20.9. The molecule has 2 N–H and O–H groups in total. The van der Waals surface area contributed by atoms with Crippen LogP contribution in [0, 0.1) is 6.92 Å². The van der Waals surface area contributed by atoms with Crippen LogP contribution in [0.25, 0.3) is 0 Å².